The minimum Gasteiger partial charge on any atom is -0.341 e. The molecule has 0 bridgehead atoms. The third-order valence-corrected chi connectivity index (χ3v) is 4.06. The molecular formula is C15H19N3O2. The number of fused-ring (bicyclic) bond motifs is 1. The average Bonchev–Trinajstić information content (AvgIpc) is 2.98. The number of nitrogens with two attached hydrogens (primary N) is 1. The number of para-hydroxylation sites is 1. The highest BCUT2D eigenvalue weighted by Crippen LogP contribution is 2.27. The Morgan fingerprint density at radius 1 is 1.25 bits per heavy atom. The molecule has 1 unspecified atom stereocenters. The van der Waals surface area contributed by atoms with Crippen LogP contribution >= 0.6 is 0 Å². The van der Waals surface area contributed by atoms with E-state index in [9.17, 15) is 9.59 Å². The van der Waals surface area contributed by atoms with Crippen LogP contribution in [-0.4, -0.2) is 42.4 Å². The van der Waals surface area contributed by atoms with E-state index in [1.807, 2.05) is 29.2 Å². The van der Waals surface area contributed by atoms with Gasteiger partial charge in [-0.3, -0.25) is 9.59 Å². The maximum absolute atomic E-state index is 12.3. The lowest BCUT2D eigenvalue weighted by molar-refractivity contribution is -0.130. The summed E-state index contributed by atoms with van der Waals surface area (Å²) in [4.78, 5) is 27.9. The number of amides is 2. The fraction of sp³-hybridized carbons (Fsp3) is 0.467. The molecule has 5 heteroatoms. The monoisotopic (exact) mass is 273 g/mol. The second kappa shape index (κ2) is 5.25. The Balaban J connectivity index is 1.83. The number of carbonyl (C=O) groups excluding carboxylic acids is 2. The Labute approximate surface area is 118 Å². The third kappa shape index (κ3) is 2.29. The van der Waals surface area contributed by atoms with Crippen molar-refractivity contribution in [2.75, 3.05) is 24.5 Å². The first-order valence-corrected chi connectivity index (χ1v) is 7.09. The molecule has 0 spiro atoms. The maximum Gasteiger partial charge on any atom is 0.244 e. The minimum absolute atomic E-state index is 0.0137. The lowest BCUT2D eigenvalue weighted by Gasteiger charge is -2.33. The van der Waals surface area contributed by atoms with E-state index in [0.717, 1.165) is 37.2 Å². The summed E-state index contributed by atoms with van der Waals surface area (Å²) in [6, 6.07) is 7.12. The number of carbonyl (C=O) groups is 2. The van der Waals surface area contributed by atoms with E-state index < -0.39 is 6.04 Å². The second-order valence-corrected chi connectivity index (χ2v) is 5.45. The van der Waals surface area contributed by atoms with Gasteiger partial charge in [0.05, 0.1) is 6.04 Å². The molecule has 0 saturated carbocycles. The van der Waals surface area contributed by atoms with Crippen molar-refractivity contribution < 1.29 is 9.59 Å². The number of likely N-dealkylation sites (tertiary alicyclic amines) is 1. The Bertz CT molecular complexity index is 538. The van der Waals surface area contributed by atoms with Crippen molar-refractivity contribution in [3.63, 3.8) is 0 Å². The molecule has 5 nitrogen and oxygen atoms in total. The van der Waals surface area contributed by atoms with E-state index >= 15 is 0 Å². The van der Waals surface area contributed by atoms with Crippen LogP contribution < -0.4 is 10.6 Å². The van der Waals surface area contributed by atoms with E-state index in [1.54, 1.807) is 4.90 Å². The van der Waals surface area contributed by atoms with E-state index in [2.05, 4.69) is 0 Å². The molecule has 1 aromatic carbocycles. The Morgan fingerprint density at radius 2 is 1.95 bits per heavy atom. The molecule has 0 aromatic heterocycles. The van der Waals surface area contributed by atoms with Gasteiger partial charge in [0.25, 0.3) is 0 Å². The highest BCUT2D eigenvalue weighted by atomic mass is 16.2. The van der Waals surface area contributed by atoms with Crippen LogP contribution in [0.15, 0.2) is 24.3 Å². The fourth-order valence-corrected chi connectivity index (χ4v) is 2.95. The van der Waals surface area contributed by atoms with Crippen LogP contribution in [0.4, 0.5) is 5.69 Å². The van der Waals surface area contributed by atoms with E-state index in [0.29, 0.717) is 6.42 Å². The van der Waals surface area contributed by atoms with Gasteiger partial charge >= 0.3 is 0 Å². The zero-order chi connectivity index (χ0) is 14.1. The van der Waals surface area contributed by atoms with Crippen molar-refractivity contribution >= 4 is 17.5 Å². The minimum atomic E-state index is -0.545. The molecule has 2 aliphatic rings. The van der Waals surface area contributed by atoms with Crippen LogP contribution in [0.3, 0.4) is 0 Å². The van der Waals surface area contributed by atoms with Gasteiger partial charge in [-0.15, -0.1) is 0 Å². The largest absolute Gasteiger partial charge is 0.341 e. The normalized spacial score (nSPS) is 22.1. The number of hydrogen-bond donors (Lipinski definition) is 1. The predicted molar refractivity (Wildman–Crippen MR) is 76.3 cm³/mol. The molecular weight excluding hydrogens is 254 g/mol. The maximum atomic E-state index is 12.3. The van der Waals surface area contributed by atoms with Crippen molar-refractivity contribution in [2.45, 2.75) is 25.3 Å². The molecule has 1 fully saturated rings. The molecule has 2 N–H and O–H groups in total. The molecule has 106 valence electrons. The molecule has 0 aliphatic carbocycles. The van der Waals surface area contributed by atoms with Gasteiger partial charge in [0.1, 0.15) is 6.54 Å². The summed E-state index contributed by atoms with van der Waals surface area (Å²) < 4.78 is 0. The van der Waals surface area contributed by atoms with Crippen molar-refractivity contribution in [1.82, 2.24) is 4.90 Å². The van der Waals surface area contributed by atoms with Crippen molar-refractivity contribution in [3.8, 4) is 0 Å². The van der Waals surface area contributed by atoms with Crippen LogP contribution in [-0.2, 0) is 16.0 Å². The SMILES string of the molecule is NC1Cc2ccccc2N(CC(=O)N2CCCC2)C1=O. The van der Waals surface area contributed by atoms with Crippen LogP contribution in [0.2, 0.25) is 0 Å². The summed E-state index contributed by atoms with van der Waals surface area (Å²) in [5.74, 6) is -0.143. The van der Waals surface area contributed by atoms with Crippen LogP contribution in [0.1, 0.15) is 18.4 Å². The van der Waals surface area contributed by atoms with Crippen molar-refractivity contribution in [3.05, 3.63) is 29.8 Å². The summed E-state index contributed by atoms with van der Waals surface area (Å²) in [6.07, 6.45) is 2.65. The van der Waals surface area contributed by atoms with Gasteiger partial charge in [-0.05, 0) is 30.9 Å². The van der Waals surface area contributed by atoms with Gasteiger partial charge in [0.15, 0.2) is 0 Å². The Kier molecular flexibility index (Phi) is 3.44. The number of nitrogens with zero attached hydrogens (tertiary/aromatic N) is 2. The van der Waals surface area contributed by atoms with E-state index in [-0.39, 0.29) is 18.4 Å². The van der Waals surface area contributed by atoms with Gasteiger partial charge in [-0.1, -0.05) is 18.2 Å². The summed E-state index contributed by atoms with van der Waals surface area (Å²) in [6.45, 7) is 1.70. The molecule has 0 radical (unpaired) electrons. The fourth-order valence-electron chi connectivity index (χ4n) is 2.95. The molecule has 20 heavy (non-hydrogen) atoms. The highest BCUT2D eigenvalue weighted by Gasteiger charge is 2.32. The summed E-state index contributed by atoms with van der Waals surface area (Å²) in [5, 5.41) is 0. The predicted octanol–water partition coefficient (Wildman–Crippen LogP) is 0.525. The lowest BCUT2D eigenvalue weighted by Crippen LogP contribution is -2.52. The van der Waals surface area contributed by atoms with Crippen LogP contribution in [0.25, 0.3) is 0 Å². The highest BCUT2D eigenvalue weighted by molar-refractivity contribution is 6.03. The smallest absolute Gasteiger partial charge is 0.244 e. The first-order chi connectivity index (χ1) is 9.66. The van der Waals surface area contributed by atoms with Gasteiger partial charge in [0, 0.05) is 18.8 Å². The molecule has 2 aliphatic heterocycles. The zero-order valence-electron chi connectivity index (χ0n) is 11.4. The summed E-state index contributed by atoms with van der Waals surface area (Å²) in [7, 11) is 0. The quantitative estimate of drug-likeness (QED) is 0.854. The van der Waals surface area contributed by atoms with Crippen molar-refractivity contribution in [2.24, 2.45) is 5.73 Å². The first kappa shape index (κ1) is 13.1. The molecule has 1 aromatic rings. The number of benzene rings is 1. The second-order valence-electron chi connectivity index (χ2n) is 5.45. The number of hydrogen-bond acceptors (Lipinski definition) is 3. The number of anilines is 1. The van der Waals surface area contributed by atoms with E-state index in [1.165, 1.54) is 0 Å². The molecule has 3 rings (SSSR count). The van der Waals surface area contributed by atoms with E-state index in [4.69, 9.17) is 5.73 Å². The average molecular weight is 273 g/mol. The Morgan fingerprint density at radius 3 is 2.70 bits per heavy atom. The van der Waals surface area contributed by atoms with Gasteiger partial charge in [-0.2, -0.15) is 0 Å². The summed E-state index contributed by atoms with van der Waals surface area (Å²) in [5.41, 5.74) is 7.76. The topological polar surface area (TPSA) is 66.6 Å². The molecule has 2 heterocycles. The third-order valence-electron chi connectivity index (χ3n) is 4.06. The molecule has 1 atom stereocenters. The molecule has 2 amide bonds. The lowest BCUT2D eigenvalue weighted by atomic mass is 9.98. The van der Waals surface area contributed by atoms with Crippen LogP contribution in [0, 0.1) is 0 Å². The van der Waals surface area contributed by atoms with Gasteiger partial charge in [-0.25, -0.2) is 0 Å². The zero-order valence-corrected chi connectivity index (χ0v) is 11.4. The summed E-state index contributed by atoms with van der Waals surface area (Å²) >= 11 is 0. The van der Waals surface area contributed by atoms with Crippen LogP contribution in [0.5, 0.6) is 0 Å². The van der Waals surface area contributed by atoms with Crippen molar-refractivity contribution in [1.29, 1.82) is 0 Å². The van der Waals surface area contributed by atoms with Gasteiger partial charge < -0.3 is 15.5 Å². The first-order valence-electron chi connectivity index (χ1n) is 7.09. The standard InChI is InChI=1S/C15H19N3O2/c16-12-9-11-5-1-2-6-13(11)18(15(12)20)10-14(19)17-7-3-4-8-17/h1-2,5-6,12H,3-4,7-10,16H2. The van der Waals surface area contributed by atoms with Gasteiger partial charge in [0.2, 0.25) is 11.8 Å². The Hall–Kier alpha value is -1.88. The number of rotatable bonds is 2. The molecule has 1 saturated heterocycles.